The van der Waals surface area contributed by atoms with Gasteiger partial charge in [-0.3, -0.25) is 0 Å². The van der Waals surface area contributed by atoms with Crippen LogP contribution in [-0.4, -0.2) is 0 Å². The number of halogens is 2. The summed E-state index contributed by atoms with van der Waals surface area (Å²) in [6.45, 7) is 1.68. The van der Waals surface area contributed by atoms with Gasteiger partial charge in [-0.05, 0) is 42.7 Å². The van der Waals surface area contributed by atoms with Gasteiger partial charge in [-0.15, -0.1) is 0 Å². The van der Waals surface area contributed by atoms with Gasteiger partial charge < -0.3 is 4.42 Å². The van der Waals surface area contributed by atoms with Crippen LogP contribution in [0.4, 0.5) is 0 Å². The summed E-state index contributed by atoms with van der Waals surface area (Å²) in [7, 11) is 0. The Bertz CT molecular complexity index is 860. The molecule has 1 heterocycles. The SMILES string of the molecule is [2H]c1c(Cl)c([2H])c2c(oc3c([2H])c(C)c(Br)c([2H])c32)c1[2H]. The summed E-state index contributed by atoms with van der Waals surface area (Å²) in [5.41, 5.74) is 0.699. The molecule has 2 aromatic carbocycles. The highest BCUT2D eigenvalue weighted by Gasteiger charge is 2.09. The van der Waals surface area contributed by atoms with Crippen molar-refractivity contribution >= 4 is 49.5 Å². The minimum Gasteiger partial charge on any atom is -0.456 e. The highest BCUT2D eigenvalue weighted by atomic mass is 79.9. The lowest BCUT2D eigenvalue weighted by Crippen LogP contribution is -1.74. The molecule has 0 saturated heterocycles. The molecule has 0 unspecified atom stereocenters. The molecule has 0 bridgehead atoms. The fraction of sp³-hybridized carbons (Fsp3) is 0.0769. The average Bonchev–Trinajstić information content (AvgIpc) is 2.87. The Morgan fingerprint density at radius 3 is 2.75 bits per heavy atom. The van der Waals surface area contributed by atoms with E-state index in [0.717, 1.165) is 0 Å². The molecule has 16 heavy (non-hydrogen) atoms. The highest BCUT2D eigenvalue weighted by Crippen LogP contribution is 2.33. The largest absolute Gasteiger partial charge is 0.456 e. The average molecular weight is 301 g/mol. The molecule has 1 aromatic heterocycles. The molecule has 1 nitrogen and oxygen atoms in total. The Kier molecular flexibility index (Phi) is 1.33. The van der Waals surface area contributed by atoms with Crippen LogP contribution in [-0.2, 0) is 0 Å². The lowest BCUT2D eigenvalue weighted by atomic mass is 10.1. The Balaban J connectivity index is 2.73. The van der Waals surface area contributed by atoms with E-state index < -0.39 is 0 Å². The van der Waals surface area contributed by atoms with E-state index in [1.807, 2.05) is 0 Å². The molecule has 3 heteroatoms. The van der Waals surface area contributed by atoms with Gasteiger partial charge in [0.1, 0.15) is 11.2 Å². The predicted octanol–water partition coefficient (Wildman–Crippen LogP) is 5.31. The number of benzene rings is 2. The fourth-order valence-electron chi connectivity index (χ4n) is 1.53. The van der Waals surface area contributed by atoms with E-state index in [-0.39, 0.29) is 57.2 Å². The van der Waals surface area contributed by atoms with Gasteiger partial charge in [0.05, 0.1) is 6.85 Å². The van der Waals surface area contributed by atoms with Gasteiger partial charge in [-0.25, -0.2) is 0 Å². The topological polar surface area (TPSA) is 13.1 Å². The molecule has 0 atom stereocenters. The van der Waals surface area contributed by atoms with Crippen molar-refractivity contribution in [3.63, 3.8) is 0 Å². The van der Waals surface area contributed by atoms with Crippen LogP contribution in [0.25, 0.3) is 21.9 Å². The second-order valence-electron chi connectivity index (χ2n) is 3.39. The van der Waals surface area contributed by atoms with E-state index in [9.17, 15) is 0 Å². The van der Waals surface area contributed by atoms with Crippen LogP contribution in [0.15, 0.2) is 39.1 Å². The van der Waals surface area contributed by atoms with Crippen LogP contribution in [0.3, 0.4) is 0 Å². The molecule has 0 aliphatic heterocycles. The zero-order chi connectivity index (χ0) is 15.6. The Hall–Kier alpha value is -0.990. The summed E-state index contributed by atoms with van der Waals surface area (Å²) in [6, 6.07) is -0.517. The third kappa shape index (κ3) is 1.45. The number of furan rings is 1. The van der Waals surface area contributed by atoms with Crippen LogP contribution in [0.2, 0.25) is 5.02 Å². The first-order chi connectivity index (χ1) is 9.77. The summed E-state index contributed by atoms with van der Waals surface area (Å²) < 4.78 is 46.0. The van der Waals surface area contributed by atoms with E-state index >= 15 is 0 Å². The van der Waals surface area contributed by atoms with Crippen LogP contribution in [0.5, 0.6) is 0 Å². The summed E-state index contributed by atoms with van der Waals surface area (Å²) in [5, 5.41) is 0.320. The van der Waals surface area contributed by atoms with Crippen molar-refractivity contribution in [2.24, 2.45) is 0 Å². The van der Waals surface area contributed by atoms with Crippen molar-refractivity contribution in [3.05, 3.63) is 45.3 Å². The van der Waals surface area contributed by atoms with Gasteiger partial charge in [-0.1, -0.05) is 27.5 Å². The molecule has 0 aliphatic rings. The molecule has 0 saturated carbocycles. The molecular formula is C13H8BrClO. The molecule has 0 radical (unpaired) electrons. The number of hydrogen-bond acceptors (Lipinski definition) is 1. The monoisotopic (exact) mass is 299 g/mol. The van der Waals surface area contributed by atoms with Crippen molar-refractivity contribution in [2.45, 2.75) is 6.92 Å². The zero-order valence-corrected chi connectivity index (χ0v) is 10.5. The number of rotatable bonds is 0. The summed E-state index contributed by atoms with van der Waals surface area (Å²) in [5.74, 6) is 0. The molecular weight excluding hydrogens is 287 g/mol. The van der Waals surface area contributed by atoms with Gasteiger partial charge >= 0.3 is 0 Å². The maximum Gasteiger partial charge on any atom is 0.135 e. The van der Waals surface area contributed by atoms with E-state index in [1.165, 1.54) is 0 Å². The van der Waals surface area contributed by atoms with Crippen LogP contribution >= 0.6 is 27.5 Å². The summed E-state index contributed by atoms with van der Waals surface area (Å²) >= 11 is 9.20. The summed E-state index contributed by atoms with van der Waals surface area (Å²) in [6.07, 6.45) is 0. The quantitative estimate of drug-likeness (QED) is 0.548. The van der Waals surface area contributed by atoms with Crippen molar-refractivity contribution in [2.75, 3.05) is 0 Å². The minimum atomic E-state index is -0.290. The van der Waals surface area contributed by atoms with Crippen molar-refractivity contribution in [3.8, 4) is 0 Å². The molecule has 0 amide bonds. The lowest BCUT2D eigenvalue weighted by Gasteiger charge is -1.96. The van der Waals surface area contributed by atoms with Gasteiger partial charge in [0.25, 0.3) is 0 Å². The normalized spacial score (nSPS) is 15.8. The standard InChI is InChI=1S/C13H8BrClO/c1-7-4-13-10(6-11(7)14)9-5-8(15)2-3-12(9)16-13/h2-6H,1H3/i2D,3D,4D,5D,6D. The van der Waals surface area contributed by atoms with Crippen LogP contribution in [0.1, 0.15) is 12.4 Å². The van der Waals surface area contributed by atoms with Gasteiger partial charge in [0, 0.05) is 20.3 Å². The Morgan fingerprint density at radius 1 is 1.19 bits per heavy atom. The van der Waals surface area contributed by atoms with Crippen molar-refractivity contribution in [1.29, 1.82) is 0 Å². The second kappa shape index (κ2) is 3.51. The van der Waals surface area contributed by atoms with Crippen molar-refractivity contribution < 1.29 is 11.3 Å². The molecule has 0 aliphatic carbocycles. The van der Waals surface area contributed by atoms with Crippen molar-refractivity contribution in [1.82, 2.24) is 0 Å². The highest BCUT2D eigenvalue weighted by molar-refractivity contribution is 9.10. The van der Waals surface area contributed by atoms with Gasteiger partial charge in [0.2, 0.25) is 0 Å². The van der Waals surface area contributed by atoms with E-state index in [1.54, 1.807) is 6.92 Å². The van der Waals surface area contributed by atoms with E-state index in [4.69, 9.17) is 22.9 Å². The number of hydrogen-bond donors (Lipinski definition) is 0. The van der Waals surface area contributed by atoms with Gasteiger partial charge in [-0.2, -0.15) is 0 Å². The maximum absolute atomic E-state index is 8.19. The molecule has 80 valence electrons. The lowest BCUT2D eigenvalue weighted by molar-refractivity contribution is 0.668. The van der Waals surface area contributed by atoms with E-state index in [2.05, 4.69) is 15.9 Å². The molecule has 3 rings (SSSR count). The van der Waals surface area contributed by atoms with Crippen LogP contribution in [0, 0.1) is 6.92 Å². The molecule has 3 aromatic rings. The summed E-state index contributed by atoms with van der Waals surface area (Å²) in [4.78, 5) is 0. The Labute approximate surface area is 113 Å². The predicted molar refractivity (Wildman–Crippen MR) is 71.2 cm³/mol. The molecule has 0 spiro atoms. The third-order valence-corrected chi connectivity index (χ3v) is 3.28. The minimum absolute atomic E-state index is 0.0175. The van der Waals surface area contributed by atoms with Crippen LogP contribution < -0.4 is 0 Å². The smallest absolute Gasteiger partial charge is 0.135 e. The first kappa shape index (κ1) is 6.08. The zero-order valence-electron chi connectivity index (χ0n) is 13.2. The number of fused-ring (bicyclic) bond motifs is 3. The fourth-order valence-corrected chi connectivity index (χ4v) is 1.97. The third-order valence-electron chi connectivity index (χ3n) is 2.29. The van der Waals surface area contributed by atoms with E-state index in [0.29, 0.717) is 10.0 Å². The van der Waals surface area contributed by atoms with Gasteiger partial charge in [0.15, 0.2) is 0 Å². The first-order valence-corrected chi connectivity index (χ1v) is 5.71. The first-order valence-electron chi connectivity index (χ1n) is 7.04. The second-order valence-corrected chi connectivity index (χ2v) is 4.56. The molecule has 0 N–H and O–H groups in total. The Morgan fingerprint density at radius 2 is 1.94 bits per heavy atom. The maximum atomic E-state index is 8.19. The molecule has 0 fully saturated rings.